The molecular formula is C15H27N3S. The predicted molar refractivity (Wildman–Crippen MR) is 84.0 cm³/mol. The lowest BCUT2D eigenvalue weighted by Crippen LogP contribution is -2.41. The Labute approximate surface area is 121 Å². The Balaban J connectivity index is 1.57. The molecule has 1 aromatic rings. The predicted octanol–water partition coefficient (Wildman–Crippen LogP) is 1.91. The van der Waals surface area contributed by atoms with E-state index < -0.39 is 0 Å². The van der Waals surface area contributed by atoms with E-state index in [1.807, 2.05) is 11.3 Å². The highest BCUT2D eigenvalue weighted by Gasteiger charge is 2.23. The maximum atomic E-state index is 3.58. The molecule has 1 saturated heterocycles. The Morgan fingerprint density at radius 1 is 1.42 bits per heavy atom. The van der Waals surface area contributed by atoms with Crippen molar-refractivity contribution >= 4 is 11.3 Å². The zero-order valence-electron chi connectivity index (χ0n) is 12.3. The molecule has 0 bridgehead atoms. The fraction of sp³-hybridized carbons (Fsp3) is 0.733. The number of hydrogen-bond acceptors (Lipinski definition) is 4. The Morgan fingerprint density at radius 2 is 2.32 bits per heavy atom. The number of likely N-dealkylation sites (tertiary alicyclic amines) is 1. The van der Waals surface area contributed by atoms with E-state index in [1.54, 1.807) is 0 Å². The van der Waals surface area contributed by atoms with Gasteiger partial charge in [0.25, 0.3) is 0 Å². The normalized spacial score (nSPS) is 20.5. The van der Waals surface area contributed by atoms with Gasteiger partial charge in [0, 0.05) is 37.1 Å². The van der Waals surface area contributed by atoms with E-state index in [0.29, 0.717) is 0 Å². The van der Waals surface area contributed by atoms with Gasteiger partial charge in [0.15, 0.2) is 0 Å². The molecule has 2 rings (SSSR count). The summed E-state index contributed by atoms with van der Waals surface area (Å²) in [6.45, 7) is 5.91. The van der Waals surface area contributed by atoms with Gasteiger partial charge in [-0.05, 0) is 51.3 Å². The zero-order chi connectivity index (χ0) is 13.5. The number of nitrogens with zero attached hydrogens (tertiary/aromatic N) is 2. The van der Waals surface area contributed by atoms with Crippen molar-refractivity contribution in [1.29, 1.82) is 0 Å². The molecule has 1 aromatic heterocycles. The second kappa shape index (κ2) is 8.00. The van der Waals surface area contributed by atoms with Gasteiger partial charge in [-0.3, -0.25) is 4.90 Å². The van der Waals surface area contributed by atoms with Crippen LogP contribution in [0.4, 0.5) is 0 Å². The molecule has 3 nitrogen and oxygen atoms in total. The van der Waals surface area contributed by atoms with Crippen molar-refractivity contribution in [2.24, 2.45) is 0 Å². The van der Waals surface area contributed by atoms with Crippen LogP contribution in [-0.4, -0.2) is 62.7 Å². The van der Waals surface area contributed by atoms with E-state index in [0.717, 1.165) is 19.1 Å². The smallest absolute Gasteiger partial charge is 0.0223 e. The van der Waals surface area contributed by atoms with Crippen LogP contribution in [0.3, 0.4) is 0 Å². The highest BCUT2D eigenvalue weighted by atomic mass is 32.1. The lowest BCUT2D eigenvalue weighted by molar-refractivity contribution is 0.208. The summed E-state index contributed by atoms with van der Waals surface area (Å²) in [6.07, 6.45) is 3.90. The molecular weight excluding hydrogens is 254 g/mol. The maximum Gasteiger partial charge on any atom is 0.0223 e. The molecule has 2 heterocycles. The van der Waals surface area contributed by atoms with Gasteiger partial charge in [-0.1, -0.05) is 6.07 Å². The lowest BCUT2D eigenvalue weighted by atomic mass is 10.2. The van der Waals surface area contributed by atoms with E-state index in [2.05, 4.69) is 46.7 Å². The average Bonchev–Trinajstić information content (AvgIpc) is 3.00. The van der Waals surface area contributed by atoms with Crippen LogP contribution in [0.25, 0.3) is 0 Å². The molecule has 19 heavy (non-hydrogen) atoms. The Morgan fingerprint density at radius 3 is 3.05 bits per heavy atom. The van der Waals surface area contributed by atoms with Crippen molar-refractivity contribution < 1.29 is 0 Å². The summed E-state index contributed by atoms with van der Waals surface area (Å²) in [5.41, 5.74) is 0. The third kappa shape index (κ3) is 5.22. The van der Waals surface area contributed by atoms with Crippen molar-refractivity contribution in [3.8, 4) is 0 Å². The van der Waals surface area contributed by atoms with Crippen molar-refractivity contribution in [2.75, 3.05) is 46.8 Å². The van der Waals surface area contributed by atoms with Crippen molar-refractivity contribution in [3.05, 3.63) is 22.4 Å². The highest BCUT2D eigenvalue weighted by Crippen LogP contribution is 2.16. The van der Waals surface area contributed by atoms with E-state index in [1.165, 1.54) is 43.8 Å². The molecule has 0 saturated carbocycles. The van der Waals surface area contributed by atoms with Crippen LogP contribution in [0, 0.1) is 0 Å². The fourth-order valence-electron chi connectivity index (χ4n) is 2.83. The average molecular weight is 281 g/mol. The molecule has 1 fully saturated rings. The summed E-state index contributed by atoms with van der Waals surface area (Å²) in [5.74, 6) is 0. The summed E-state index contributed by atoms with van der Waals surface area (Å²) in [6, 6.07) is 5.13. The van der Waals surface area contributed by atoms with Gasteiger partial charge in [0.05, 0.1) is 0 Å². The van der Waals surface area contributed by atoms with Crippen LogP contribution < -0.4 is 5.32 Å². The number of thiophene rings is 1. The van der Waals surface area contributed by atoms with Crippen LogP contribution in [0.15, 0.2) is 17.5 Å². The van der Waals surface area contributed by atoms with Gasteiger partial charge in [0.1, 0.15) is 0 Å². The Kier molecular flexibility index (Phi) is 6.31. The highest BCUT2D eigenvalue weighted by molar-refractivity contribution is 7.09. The lowest BCUT2D eigenvalue weighted by Gasteiger charge is -2.27. The fourth-order valence-corrected chi connectivity index (χ4v) is 3.54. The van der Waals surface area contributed by atoms with Crippen molar-refractivity contribution in [3.63, 3.8) is 0 Å². The van der Waals surface area contributed by atoms with E-state index in [-0.39, 0.29) is 0 Å². The number of likely N-dealkylation sites (N-methyl/N-ethyl adjacent to an activating group) is 1. The standard InChI is InChI=1S/C15H27N3S/c1-17(2)13-14-5-3-10-18(14)11-9-16-8-7-15-6-4-12-19-15/h4,6,12,14,16H,3,5,7-11,13H2,1-2H3. The summed E-state index contributed by atoms with van der Waals surface area (Å²) < 4.78 is 0. The van der Waals surface area contributed by atoms with Crippen molar-refractivity contribution in [1.82, 2.24) is 15.1 Å². The van der Waals surface area contributed by atoms with Gasteiger partial charge < -0.3 is 10.2 Å². The first-order valence-corrected chi connectivity index (χ1v) is 8.25. The van der Waals surface area contributed by atoms with Gasteiger partial charge in [-0.15, -0.1) is 11.3 Å². The van der Waals surface area contributed by atoms with Crippen molar-refractivity contribution in [2.45, 2.75) is 25.3 Å². The molecule has 1 unspecified atom stereocenters. The molecule has 0 aromatic carbocycles. The molecule has 4 heteroatoms. The summed E-state index contributed by atoms with van der Waals surface area (Å²) in [7, 11) is 4.35. The maximum absolute atomic E-state index is 3.58. The SMILES string of the molecule is CN(C)CC1CCCN1CCNCCc1cccs1. The van der Waals surface area contributed by atoms with Crippen LogP contribution in [0.5, 0.6) is 0 Å². The minimum atomic E-state index is 0.772. The van der Waals surface area contributed by atoms with Gasteiger partial charge in [-0.2, -0.15) is 0 Å². The van der Waals surface area contributed by atoms with Gasteiger partial charge in [0.2, 0.25) is 0 Å². The van der Waals surface area contributed by atoms with Crippen LogP contribution in [0.1, 0.15) is 17.7 Å². The molecule has 1 N–H and O–H groups in total. The molecule has 0 aliphatic carbocycles. The van der Waals surface area contributed by atoms with E-state index in [9.17, 15) is 0 Å². The molecule has 0 amide bonds. The molecule has 1 aliphatic rings. The zero-order valence-corrected chi connectivity index (χ0v) is 13.1. The number of rotatable bonds is 8. The van der Waals surface area contributed by atoms with Gasteiger partial charge in [-0.25, -0.2) is 0 Å². The first kappa shape index (κ1) is 15.0. The summed E-state index contributed by atoms with van der Waals surface area (Å²) in [5, 5.41) is 5.73. The second-order valence-electron chi connectivity index (χ2n) is 5.67. The van der Waals surface area contributed by atoms with E-state index >= 15 is 0 Å². The molecule has 0 spiro atoms. The molecule has 108 valence electrons. The van der Waals surface area contributed by atoms with Crippen LogP contribution >= 0.6 is 11.3 Å². The van der Waals surface area contributed by atoms with Gasteiger partial charge >= 0.3 is 0 Å². The largest absolute Gasteiger partial charge is 0.315 e. The molecule has 1 aliphatic heterocycles. The monoisotopic (exact) mass is 281 g/mol. The minimum absolute atomic E-state index is 0.772. The summed E-state index contributed by atoms with van der Waals surface area (Å²) in [4.78, 5) is 6.45. The summed E-state index contributed by atoms with van der Waals surface area (Å²) >= 11 is 1.86. The quantitative estimate of drug-likeness (QED) is 0.734. The Hall–Kier alpha value is -0.420. The van der Waals surface area contributed by atoms with E-state index in [4.69, 9.17) is 0 Å². The minimum Gasteiger partial charge on any atom is -0.315 e. The van der Waals surface area contributed by atoms with Crippen LogP contribution in [-0.2, 0) is 6.42 Å². The number of nitrogens with one attached hydrogen (secondary N) is 1. The molecule has 0 radical (unpaired) electrons. The topological polar surface area (TPSA) is 18.5 Å². The molecule has 1 atom stereocenters. The number of hydrogen-bond donors (Lipinski definition) is 1. The Bertz CT molecular complexity index is 337. The third-order valence-corrected chi connectivity index (χ3v) is 4.72. The third-order valence-electron chi connectivity index (χ3n) is 3.78. The first-order valence-electron chi connectivity index (χ1n) is 7.37. The van der Waals surface area contributed by atoms with Crippen LogP contribution in [0.2, 0.25) is 0 Å². The first-order chi connectivity index (χ1) is 9.25. The second-order valence-corrected chi connectivity index (χ2v) is 6.71.